The van der Waals surface area contributed by atoms with Crippen molar-refractivity contribution in [3.8, 4) is 0 Å². The molecule has 2 heterocycles. The average molecular weight is 602 g/mol. The Morgan fingerprint density at radius 2 is 1.65 bits per heavy atom. The number of aliphatic hydroxyl groups is 1. The van der Waals surface area contributed by atoms with Gasteiger partial charge in [-0.05, 0) is 47.6 Å². The van der Waals surface area contributed by atoms with Gasteiger partial charge in [0.05, 0.1) is 18.8 Å². The molecule has 2 rings (SSSR count). The van der Waals surface area contributed by atoms with E-state index in [4.69, 9.17) is 24.5 Å². The Bertz CT molecular complexity index is 1120. The molecule has 0 aromatic carbocycles. The maximum atomic E-state index is 15.3. The molecule has 1 aromatic rings. The summed E-state index contributed by atoms with van der Waals surface area (Å²) in [6.07, 6.45) is -11.0. The minimum atomic E-state index is -4.68. The number of nitrogens with zero attached hydrogens (tertiary/aromatic N) is 2. The predicted molar refractivity (Wildman–Crippen MR) is 134 cm³/mol. The van der Waals surface area contributed by atoms with Gasteiger partial charge in [0.1, 0.15) is 24.0 Å². The van der Waals surface area contributed by atoms with E-state index in [1.54, 1.807) is 27.7 Å². The Morgan fingerprint density at radius 3 is 2.08 bits per heavy atom. The van der Waals surface area contributed by atoms with Crippen LogP contribution >= 0.6 is 7.67 Å². The number of hydrogen-bond donors (Lipinski definition) is 4. The fraction of sp³-hybridized carbons (Fsp3) is 0.727. The summed E-state index contributed by atoms with van der Waals surface area (Å²) < 4.78 is 78.8. The number of rotatable bonds is 13. The Labute approximate surface area is 228 Å². The van der Waals surface area contributed by atoms with Gasteiger partial charge in [0.15, 0.2) is 18.0 Å². The number of anilines is 1. The van der Waals surface area contributed by atoms with E-state index >= 15 is 4.39 Å². The monoisotopic (exact) mass is 601 g/mol. The first-order valence-corrected chi connectivity index (χ1v) is 13.9. The average Bonchev–Trinajstić information content (AvgIpc) is 3.08. The molecule has 1 aromatic heterocycles. The van der Waals surface area contributed by atoms with E-state index < -0.39 is 86.7 Å². The van der Waals surface area contributed by atoms with Gasteiger partial charge in [0.2, 0.25) is 0 Å². The molecule has 1 fully saturated rings. The lowest BCUT2D eigenvalue weighted by atomic mass is 9.98. The van der Waals surface area contributed by atoms with Crippen LogP contribution in [0.3, 0.4) is 0 Å². The van der Waals surface area contributed by atoms with Crippen LogP contribution in [0.2, 0.25) is 0 Å². The summed E-state index contributed by atoms with van der Waals surface area (Å²) in [5.41, 5.74) is 1.05. The molecular weight excluding hydrogens is 566 g/mol. The number of nitrogens with one attached hydrogen (secondary N) is 2. The van der Waals surface area contributed by atoms with Crippen molar-refractivity contribution in [1.29, 1.82) is 0 Å². The van der Waals surface area contributed by atoms with E-state index in [9.17, 15) is 32.8 Å². The van der Waals surface area contributed by atoms with Crippen LogP contribution in [-0.2, 0) is 32.9 Å². The topological polar surface area (TPSA) is 193 Å². The van der Waals surface area contributed by atoms with Gasteiger partial charge in [0, 0.05) is 6.20 Å². The third-order valence-corrected chi connectivity index (χ3v) is 7.45. The van der Waals surface area contributed by atoms with Crippen molar-refractivity contribution in [2.75, 3.05) is 12.3 Å². The molecule has 0 spiro atoms. The first-order chi connectivity index (χ1) is 18.4. The predicted octanol–water partition coefficient (Wildman–Crippen LogP) is 1.04. The second-order valence-corrected chi connectivity index (χ2v) is 11.6. The van der Waals surface area contributed by atoms with Crippen LogP contribution < -0.4 is 21.6 Å². The van der Waals surface area contributed by atoms with E-state index in [0.717, 1.165) is 12.3 Å². The zero-order chi connectivity index (χ0) is 30.6. The molecule has 14 nitrogen and oxygen atoms in total. The van der Waals surface area contributed by atoms with E-state index in [2.05, 4.69) is 15.2 Å². The zero-order valence-electron chi connectivity index (χ0n) is 22.7. The number of aromatic nitrogens is 2. The standard InChI is InChI=1S/C22H35F3N5O9P/c1-10(2)37-18(32)12(5)28-40(35,29-13(6)19(33)38-11(3)4)36-9-22(20(24)25)16(23)15(31)17(39-22)30-8-7-14(26)27-21(30)34/h7-8,10-13,15-17,20,31H,9H2,1-6H3,(H2,26,27,34)(H2,28,29,35)/t12-,13-,15+,16+,17+,22+/m0/s1. The fourth-order valence-corrected chi connectivity index (χ4v) is 5.41. The maximum Gasteiger partial charge on any atom is 0.351 e. The smallest absolute Gasteiger partial charge is 0.351 e. The molecule has 0 saturated carbocycles. The highest BCUT2D eigenvalue weighted by atomic mass is 31.2. The van der Waals surface area contributed by atoms with Crippen LogP contribution in [0.5, 0.6) is 0 Å². The Hall–Kier alpha value is -2.56. The van der Waals surface area contributed by atoms with Crippen LogP contribution in [-0.4, -0.2) is 81.8 Å². The summed E-state index contributed by atoms with van der Waals surface area (Å²) in [4.78, 5) is 40.2. The molecule has 40 heavy (non-hydrogen) atoms. The van der Waals surface area contributed by atoms with E-state index in [1.807, 2.05) is 0 Å². The van der Waals surface area contributed by atoms with Crippen molar-refractivity contribution in [3.05, 3.63) is 22.7 Å². The number of aliphatic hydroxyl groups excluding tert-OH is 1. The Balaban J connectivity index is 2.38. The van der Waals surface area contributed by atoms with Gasteiger partial charge >= 0.3 is 25.3 Å². The van der Waals surface area contributed by atoms with Gasteiger partial charge < -0.3 is 29.6 Å². The van der Waals surface area contributed by atoms with Crippen molar-refractivity contribution in [1.82, 2.24) is 19.7 Å². The fourth-order valence-electron chi connectivity index (χ4n) is 3.57. The Morgan fingerprint density at radius 1 is 1.15 bits per heavy atom. The molecule has 0 unspecified atom stereocenters. The second-order valence-electron chi connectivity index (χ2n) is 9.70. The van der Waals surface area contributed by atoms with Crippen molar-refractivity contribution in [2.45, 2.75) is 96.4 Å². The van der Waals surface area contributed by atoms with Crippen LogP contribution in [0, 0.1) is 0 Å². The highest BCUT2D eigenvalue weighted by Gasteiger charge is 2.62. The minimum absolute atomic E-state index is 0.220. The highest BCUT2D eigenvalue weighted by molar-refractivity contribution is 7.54. The van der Waals surface area contributed by atoms with Crippen LogP contribution in [0.15, 0.2) is 17.1 Å². The van der Waals surface area contributed by atoms with Crippen molar-refractivity contribution >= 4 is 25.4 Å². The summed E-state index contributed by atoms with van der Waals surface area (Å²) in [6.45, 7) is 7.20. The third-order valence-electron chi connectivity index (χ3n) is 5.50. The van der Waals surface area contributed by atoms with Crippen molar-refractivity contribution < 1.29 is 51.2 Å². The van der Waals surface area contributed by atoms with Gasteiger partial charge in [-0.3, -0.25) is 18.7 Å². The number of carbonyl (C=O) groups excluding carboxylic acids is 2. The molecule has 0 aliphatic carbocycles. The molecule has 18 heteroatoms. The van der Waals surface area contributed by atoms with Crippen LogP contribution in [0.1, 0.15) is 47.8 Å². The molecule has 0 bridgehead atoms. The van der Waals surface area contributed by atoms with Crippen LogP contribution in [0.25, 0.3) is 0 Å². The summed E-state index contributed by atoms with van der Waals surface area (Å²) in [6, 6.07) is -1.62. The van der Waals surface area contributed by atoms with E-state index in [1.165, 1.54) is 13.8 Å². The SMILES string of the molecule is CC(C)OC(=O)[C@H](C)NP(=O)(N[C@@H](C)C(=O)OC(C)C)OC[C@@]1(C(F)F)O[C@@H](n2ccc(N)nc2=O)[C@H](O)[C@H]1F. The number of nitrogen functional groups attached to an aromatic ring is 1. The first-order valence-electron chi connectivity index (χ1n) is 12.3. The molecule has 1 aliphatic heterocycles. The minimum Gasteiger partial charge on any atom is -0.462 e. The molecule has 0 radical (unpaired) electrons. The highest BCUT2D eigenvalue weighted by Crippen LogP contribution is 2.47. The van der Waals surface area contributed by atoms with E-state index in [-0.39, 0.29) is 5.82 Å². The number of carbonyl (C=O) groups is 2. The van der Waals surface area contributed by atoms with Gasteiger partial charge in [0.25, 0.3) is 6.43 Å². The second kappa shape index (κ2) is 13.4. The van der Waals surface area contributed by atoms with Crippen molar-refractivity contribution in [2.24, 2.45) is 0 Å². The number of alkyl halides is 3. The lowest BCUT2D eigenvalue weighted by Gasteiger charge is -2.33. The normalized spacial score (nSPS) is 24.9. The zero-order valence-corrected chi connectivity index (χ0v) is 23.6. The lowest BCUT2D eigenvalue weighted by Crippen LogP contribution is -2.52. The largest absolute Gasteiger partial charge is 0.462 e. The van der Waals surface area contributed by atoms with Gasteiger partial charge in [-0.2, -0.15) is 4.98 Å². The maximum absolute atomic E-state index is 15.3. The summed E-state index contributed by atoms with van der Waals surface area (Å²) in [7, 11) is -4.68. The summed E-state index contributed by atoms with van der Waals surface area (Å²) in [5.74, 6) is -2.01. The lowest BCUT2D eigenvalue weighted by molar-refractivity contribution is -0.183. The quantitative estimate of drug-likeness (QED) is 0.185. The molecule has 5 N–H and O–H groups in total. The molecule has 6 atom stereocenters. The molecule has 228 valence electrons. The molecule has 1 saturated heterocycles. The van der Waals surface area contributed by atoms with Gasteiger partial charge in [-0.25, -0.2) is 28.1 Å². The number of halogens is 3. The number of hydrogen-bond acceptors (Lipinski definition) is 11. The number of ether oxygens (including phenoxy) is 3. The molecule has 0 amide bonds. The van der Waals surface area contributed by atoms with Gasteiger partial charge in [-0.15, -0.1) is 0 Å². The molecule has 1 aliphatic rings. The van der Waals surface area contributed by atoms with Gasteiger partial charge in [-0.1, -0.05) is 0 Å². The number of esters is 2. The summed E-state index contributed by atoms with van der Waals surface area (Å²) >= 11 is 0. The first kappa shape index (κ1) is 33.6. The van der Waals surface area contributed by atoms with E-state index in [0.29, 0.717) is 4.57 Å². The summed E-state index contributed by atoms with van der Waals surface area (Å²) in [5, 5.41) is 14.9. The van der Waals surface area contributed by atoms with Crippen LogP contribution in [0.4, 0.5) is 19.0 Å². The van der Waals surface area contributed by atoms with Crippen molar-refractivity contribution in [3.63, 3.8) is 0 Å². The number of nitrogens with two attached hydrogens (primary N) is 1. The molecular formula is C22H35F3N5O9P. The third kappa shape index (κ3) is 8.01. The Kier molecular flexibility index (Phi) is 11.3.